The maximum atomic E-state index is 11.1. The fraction of sp³-hybridized carbons (Fsp3) is 0.333. The zero-order valence-corrected chi connectivity index (χ0v) is 8.66. The molecule has 1 aromatic carbocycles. The number of benzene rings is 1. The SMILES string of the molecule is CCCOS(=O)(=O)Oc1ccccc1. The number of hydrogen-bond acceptors (Lipinski definition) is 4. The Bertz CT molecular complexity index is 358. The van der Waals surface area contributed by atoms with Crippen molar-refractivity contribution in [2.24, 2.45) is 0 Å². The summed E-state index contributed by atoms with van der Waals surface area (Å²) < 4.78 is 31.4. The molecule has 0 N–H and O–H groups in total. The summed E-state index contributed by atoms with van der Waals surface area (Å²) in [5.74, 6) is 0.253. The zero-order valence-electron chi connectivity index (χ0n) is 7.84. The van der Waals surface area contributed by atoms with Crippen molar-refractivity contribution in [3.8, 4) is 5.75 Å². The molecule has 0 unspecified atom stereocenters. The topological polar surface area (TPSA) is 52.6 Å². The molecule has 5 heteroatoms. The summed E-state index contributed by atoms with van der Waals surface area (Å²) in [6, 6.07) is 8.24. The molecule has 0 aliphatic heterocycles. The summed E-state index contributed by atoms with van der Waals surface area (Å²) in [6.07, 6.45) is 0.622. The predicted molar refractivity (Wildman–Crippen MR) is 52.2 cm³/mol. The van der Waals surface area contributed by atoms with Crippen molar-refractivity contribution < 1.29 is 16.8 Å². The van der Waals surface area contributed by atoms with Crippen LogP contribution in [0.25, 0.3) is 0 Å². The number of hydrogen-bond donors (Lipinski definition) is 0. The van der Waals surface area contributed by atoms with Gasteiger partial charge in [0, 0.05) is 0 Å². The third-order valence-corrected chi connectivity index (χ3v) is 2.23. The fourth-order valence-corrected chi connectivity index (χ4v) is 1.57. The van der Waals surface area contributed by atoms with Gasteiger partial charge in [-0.05, 0) is 18.6 Å². The molecule has 14 heavy (non-hydrogen) atoms. The van der Waals surface area contributed by atoms with E-state index >= 15 is 0 Å². The maximum Gasteiger partial charge on any atom is 0.449 e. The molecular formula is C9H12O4S. The van der Waals surface area contributed by atoms with Gasteiger partial charge in [0.25, 0.3) is 0 Å². The van der Waals surface area contributed by atoms with Crippen LogP contribution in [0.2, 0.25) is 0 Å². The first kappa shape index (κ1) is 11.0. The van der Waals surface area contributed by atoms with Crippen molar-refractivity contribution >= 4 is 10.4 Å². The normalized spacial score (nSPS) is 11.2. The van der Waals surface area contributed by atoms with Gasteiger partial charge in [-0.3, -0.25) is 0 Å². The molecule has 0 amide bonds. The Morgan fingerprint density at radius 2 is 1.86 bits per heavy atom. The highest BCUT2D eigenvalue weighted by Gasteiger charge is 2.12. The Morgan fingerprint density at radius 3 is 2.43 bits per heavy atom. The second-order valence-electron chi connectivity index (χ2n) is 2.63. The Hall–Kier alpha value is -1.07. The van der Waals surface area contributed by atoms with Crippen LogP contribution in [0.15, 0.2) is 30.3 Å². The molecule has 0 heterocycles. The van der Waals surface area contributed by atoms with Gasteiger partial charge in [0.2, 0.25) is 0 Å². The number of para-hydroxylation sites is 1. The highest BCUT2D eigenvalue weighted by Crippen LogP contribution is 2.12. The highest BCUT2D eigenvalue weighted by atomic mass is 32.3. The van der Waals surface area contributed by atoms with E-state index in [-0.39, 0.29) is 12.4 Å². The minimum absolute atomic E-state index is 0.134. The van der Waals surface area contributed by atoms with Crippen LogP contribution >= 0.6 is 0 Å². The standard InChI is InChI=1S/C9H12O4S/c1-2-8-12-14(10,11)13-9-6-4-3-5-7-9/h3-7H,2,8H2,1H3. The molecule has 0 atom stereocenters. The fourth-order valence-electron chi connectivity index (χ4n) is 0.803. The van der Waals surface area contributed by atoms with Gasteiger partial charge in [-0.1, -0.05) is 25.1 Å². The van der Waals surface area contributed by atoms with Gasteiger partial charge in [0.05, 0.1) is 6.61 Å². The van der Waals surface area contributed by atoms with Crippen LogP contribution in [-0.2, 0) is 14.6 Å². The van der Waals surface area contributed by atoms with Crippen LogP contribution in [0.1, 0.15) is 13.3 Å². The Balaban J connectivity index is 2.60. The molecule has 0 spiro atoms. The molecule has 0 aromatic heterocycles. The molecule has 1 aromatic rings. The first-order chi connectivity index (χ1) is 6.64. The zero-order chi connectivity index (χ0) is 10.4. The van der Waals surface area contributed by atoms with Gasteiger partial charge in [0.15, 0.2) is 0 Å². The van der Waals surface area contributed by atoms with Crippen LogP contribution < -0.4 is 4.18 Å². The summed E-state index contributed by atoms with van der Waals surface area (Å²) in [5, 5.41) is 0. The molecule has 0 saturated carbocycles. The van der Waals surface area contributed by atoms with Crippen LogP contribution in [0.4, 0.5) is 0 Å². The Morgan fingerprint density at radius 1 is 1.21 bits per heavy atom. The monoisotopic (exact) mass is 216 g/mol. The molecular weight excluding hydrogens is 204 g/mol. The lowest BCUT2D eigenvalue weighted by Gasteiger charge is -2.05. The van der Waals surface area contributed by atoms with Gasteiger partial charge in [-0.2, -0.15) is 8.42 Å². The highest BCUT2D eigenvalue weighted by molar-refractivity contribution is 7.82. The molecule has 0 aliphatic carbocycles. The lowest BCUT2D eigenvalue weighted by atomic mass is 10.3. The number of rotatable bonds is 5. The molecule has 0 bridgehead atoms. The quantitative estimate of drug-likeness (QED) is 0.752. The minimum atomic E-state index is -3.90. The van der Waals surface area contributed by atoms with E-state index in [9.17, 15) is 8.42 Å². The molecule has 1 rings (SSSR count). The van der Waals surface area contributed by atoms with Crippen LogP contribution in [0, 0.1) is 0 Å². The maximum absolute atomic E-state index is 11.1. The summed E-state index contributed by atoms with van der Waals surface area (Å²) >= 11 is 0. The molecule has 0 radical (unpaired) electrons. The van der Waals surface area contributed by atoms with Crippen molar-refractivity contribution in [2.45, 2.75) is 13.3 Å². The van der Waals surface area contributed by atoms with E-state index in [0.29, 0.717) is 6.42 Å². The first-order valence-electron chi connectivity index (χ1n) is 4.28. The lowest BCUT2D eigenvalue weighted by Crippen LogP contribution is -2.13. The molecule has 0 aliphatic rings. The lowest BCUT2D eigenvalue weighted by molar-refractivity contribution is 0.273. The van der Waals surface area contributed by atoms with Gasteiger partial charge in [-0.15, -0.1) is 0 Å². The smallest absolute Gasteiger partial charge is 0.362 e. The van der Waals surface area contributed by atoms with Crippen molar-refractivity contribution in [3.63, 3.8) is 0 Å². The van der Waals surface area contributed by atoms with Gasteiger partial charge >= 0.3 is 10.4 Å². The molecule has 0 fully saturated rings. The van der Waals surface area contributed by atoms with Crippen molar-refractivity contribution in [1.82, 2.24) is 0 Å². The van der Waals surface area contributed by atoms with Crippen LogP contribution in [0.3, 0.4) is 0 Å². The van der Waals surface area contributed by atoms with E-state index in [1.165, 1.54) is 0 Å². The summed E-state index contributed by atoms with van der Waals surface area (Å²) in [7, 11) is -3.90. The Kier molecular flexibility index (Phi) is 3.91. The van der Waals surface area contributed by atoms with Crippen molar-refractivity contribution in [1.29, 1.82) is 0 Å². The molecule has 0 saturated heterocycles. The average molecular weight is 216 g/mol. The van der Waals surface area contributed by atoms with Gasteiger partial charge < -0.3 is 4.18 Å². The van der Waals surface area contributed by atoms with Gasteiger partial charge in [-0.25, -0.2) is 4.18 Å². The van der Waals surface area contributed by atoms with Gasteiger partial charge in [0.1, 0.15) is 5.75 Å². The first-order valence-corrected chi connectivity index (χ1v) is 5.61. The average Bonchev–Trinajstić information content (AvgIpc) is 2.16. The van der Waals surface area contributed by atoms with E-state index in [1.54, 1.807) is 30.3 Å². The predicted octanol–water partition coefficient (Wildman–Crippen LogP) is 1.74. The Labute approximate surface area is 83.8 Å². The van der Waals surface area contributed by atoms with E-state index in [4.69, 9.17) is 0 Å². The van der Waals surface area contributed by atoms with Crippen LogP contribution in [-0.4, -0.2) is 15.0 Å². The van der Waals surface area contributed by atoms with E-state index in [2.05, 4.69) is 8.37 Å². The molecule has 4 nitrogen and oxygen atoms in total. The van der Waals surface area contributed by atoms with E-state index in [1.807, 2.05) is 6.92 Å². The van der Waals surface area contributed by atoms with E-state index in [0.717, 1.165) is 0 Å². The summed E-state index contributed by atoms with van der Waals surface area (Å²) in [4.78, 5) is 0. The molecule has 78 valence electrons. The van der Waals surface area contributed by atoms with E-state index < -0.39 is 10.4 Å². The summed E-state index contributed by atoms with van der Waals surface area (Å²) in [5.41, 5.74) is 0. The largest absolute Gasteiger partial charge is 0.449 e. The van der Waals surface area contributed by atoms with Crippen molar-refractivity contribution in [2.75, 3.05) is 6.61 Å². The van der Waals surface area contributed by atoms with Crippen LogP contribution in [0.5, 0.6) is 5.75 Å². The minimum Gasteiger partial charge on any atom is -0.362 e. The second-order valence-corrected chi connectivity index (χ2v) is 3.85. The van der Waals surface area contributed by atoms with Crippen molar-refractivity contribution in [3.05, 3.63) is 30.3 Å². The summed E-state index contributed by atoms with van der Waals surface area (Å²) in [6.45, 7) is 1.95. The third-order valence-electron chi connectivity index (χ3n) is 1.37. The second kappa shape index (κ2) is 4.97. The third kappa shape index (κ3) is 3.76.